The fraction of sp³-hybridized carbons (Fsp3) is 0.588. The zero-order valence-electron chi connectivity index (χ0n) is 13.9. The Hall–Kier alpha value is -1.99. The van der Waals surface area contributed by atoms with E-state index in [1.54, 1.807) is 13.0 Å². The van der Waals surface area contributed by atoms with Crippen molar-refractivity contribution in [1.82, 2.24) is 9.80 Å². The number of non-ortho nitro benzene ring substituents is 1. The van der Waals surface area contributed by atoms with Crippen molar-refractivity contribution in [2.75, 3.05) is 39.4 Å². The number of morpholine rings is 1. The molecule has 7 nitrogen and oxygen atoms in total. The topological polar surface area (TPSA) is 75.9 Å². The van der Waals surface area contributed by atoms with Gasteiger partial charge in [-0.3, -0.25) is 19.8 Å². The molecule has 1 amide bonds. The molecule has 0 radical (unpaired) electrons. The molecule has 1 aromatic carbocycles. The van der Waals surface area contributed by atoms with E-state index in [0.717, 1.165) is 52.2 Å². The predicted molar refractivity (Wildman–Crippen MR) is 89.2 cm³/mol. The smallest absolute Gasteiger partial charge is 0.269 e. The minimum Gasteiger partial charge on any atom is -0.379 e. The van der Waals surface area contributed by atoms with Gasteiger partial charge in [-0.15, -0.1) is 0 Å². The Morgan fingerprint density at radius 2 is 2.08 bits per heavy atom. The number of nitro groups is 1. The molecule has 1 aromatic rings. The number of amides is 1. The van der Waals surface area contributed by atoms with Gasteiger partial charge in [-0.25, -0.2) is 0 Å². The fourth-order valence-corrected chi connectivity index (χ4v) is 3.53. The van der Waals surface area contributed by atoms with Crippen LogP contribution in [0.15, 0.2) is 18.2 Å². The summed E-state index contributed by atoms with van der Waals surface area (Å²) in [5.74, 6) is -0.0156. The van der Waals surface area contributed by atoms with Crippen molar-refractivity contribution in [3.05, 3.63) is 39.4 Å². The largest absolute Gasteiger partial charge is 0.379 e. The van der Waals surface area contributed by atoms with Crippen molar-refractivity contribution in [3.63, 3.8) is 0 Å². The maximum absolute atomic E-state index is 12.9. The monoisotopic (exact) mass is 333 g/mol. The van der Waals surface area contributed by atoms with Crippen LogP contribution in [0, 0.1) is 17.0 Å². The van der Waals surface area contributed by atoms with E-state index in [9.17, 15) is 14.9 Å². The number of aryl methyl sites for hydroxylation is 1. The van der Waals surface area contributed by atoms with Crippen LogP contribution in [-0.2, 0) is 4.74 Å². The summed E-state index contributed by atoms with van der Waals surface area (Å²) in [6, 6.07) is 4.68. The molecular weight excluding hydrogens is 310 g/mol. The highest BCUT2D eigenvalue weighted by Gasteiger charge is 2.32. The van der Waals surface area contributed by atoms with Gasteiger partial charge in [-0.1, -0.05) is 0 Å². The molecular formula is C17H23N3O4. The SMILES string of the molecule is Cc1cc([N+](=O)[O-])ccc1C(=O)N1CCCC1CN1CCOCC1. The summed E-state index contributed by atoms with van der Waals surface area (Å²) in [5.41, 5.74) is 1.25. The number of carbonyl (C=O) groups is 1. The molecule has 1 atom stereocenters. The molecule has 24 heavy (non-hydrogen) atoms. The van der Waals surface area contributed by atoms with Gasteiger partial charge < -0.3 is 9.64 Å². The Labute approximate surface area is 141 Å². The number of nitrogens with zero attached hydrogens (tertiary/aromatic N) is 3. The number of nitro benzene ring substituents is 1. The Balaban J connectivity index is 1.72. The van der Waals surface area contributed by atoms with Gasteiger partial charge in [-0.2, -0.15) is 0 Å². The number of carbonyl (C=O) groups excluding carboxylic acids is 1. The van der Waals surface area contributed by atoms with Crippen molar-refractivity contribution in [1.29, 1.82) is 0 Å². The second kappa shape index (κ2) is 7.27. The molecule has 2 aliphatic rings. The van der Waals surface area contributed by atoms with Crippen molar-refractivity contribution in [3.8, 4) is 0 Å². The maximum Gasteiger partial charge on any atom is 0.269 e. The first-order valence-corrected chi connectivity index (χ1v) is 8.42. The number of rotatable bonds is 4. The summed E-state index contributed by atoms with van der Waals surface area (Å²) < 4.78 is 5.38. The number of ether oxygens (including phenoxy) is 1. The fourth-order valence-electron chi connectivity index (χ4n) is 3.53. The van der Waals surface area contributed by atoms with Crippen LogP contribution in [-0.4, -0.2) is 66.1 Å². The summed E-state index contributed by atoms with van der Waals surface area (Å²) in [7, 11) is 0. The lowest BCUT2D eigenvalue weighted by atomic mass is 10.1. The zero-order chi connectivity index (χ0) is 17.1. The summed E-state index contributed by atoms with van der Waals surface area (Å²) in [6.07, 6.45) is 2.02. The Kier molecular flexibility index (Phi) is 5.11. The van der Waals surface area contributed by atoms with Crippen LogP contribution in [0.4, 0.5) is 5.69 Å². The lowest BCUT2D eigenvalue weighted by Crippen LogP contribution is -2.46. The first-order chi connectivity index (χ1) is 11.6. The molecule has 0 aromatic heterocycles. The third kappa shape index (κ3) is 3.57. The van der Waals surface area contributed by atoms with Crippen molar-refractivity contribution in [2.45, 2.75) is 25.8 Å². The van der Waals surface area contributed by atoms with Crippen LogP contribution >= 0.6 is 0 Å². The third-order valence-electron chi connectivity index (χ3n) is 4.86. The maximum atomic E-state index is 12.9. The summed E-state index contributed by atoms with van der Waals surface area (Å²) in [6.45, 7) is 6.72. The first kappa shape index (κ1) is 16.9. The number of hydrogen-bond donors (Lipinski definition) is 0. The third-order valence-corrected chi connectivity index (χ3v) is 4.86. The first-order valence-electron chi connectivity index (χ1n) is 8.42. The van der Waals surface area contributed by atoms with Gasteiger partial charge in [0.1, 0.15) is 0 Å². The Morgan fingerprint density at radius 3 is 2.75 bits per heavy atom. The highest BCUT2D eigenvalue weighted by atomic mass is 16.6. The molecule has 2 aliphatic heterocycles. The second-order valence-electron chi connectivity index (χ2n) is 6.46. The van der Waals surface area contributed by atoms with Crippen molar-refractivity contribution >= 4 is 11.6 Å². The van der Waals surface area contributed by atoms with E-state index in [1.807, 2.05) is 4.90 Å². The number of hydrogen-bond acceptors (Lipinski definition) is 5. The van der Waals surface area contributed by atoms with Crippen LogP contribution < -0.4 is 0 Å². The van der Waals surface area contributed by atoms with Gasteiger partial charge in [0.15, 0.2) is 0 Å². The molecule has 2 fully saturated rings. The van der Waals surface area contributed by atoms with Crippen LogP contribution in [0.25, 0.3) is 0 Å². The van der Waals surface area contributed by atoms with Gasteiger partial charge >= 0.3 is 0 Å². The molecule has 7 heteroatoms. The highest BCUT2D eigenvalue weighted by molar-refractivity contribution is 5.96. The molecule has 2 heterocycles. The van der Waals surface area contributed by atoms with Gasteiger partial charge in [0.2, 0.25) is 0 Å². The molecule has 3 rings (SSSR count). The van der Waals surface area contributed by atoms with E-state index >= 15 is 0 Å². The standard InChI is InChI=1S/C17H23N3O4/c1-13-11-14(20(22)23)4-5-16(13)17(21)19-6-2-3-15(19)12-18-7-9-24-10-8-18/h4-5,11,15H,2-3,6-10,12H2,1H3. The van der Waals surface area contributed by atoms with Gasteiger partial charge in [0.05, 0.1) is 18.1 Å². The molecule has 130 valence electrons. The zero-order valence-corrected chi connectivity index (χ0v) is 13.9. The molecule has 0 spiro atoms. The molecule has 0 saturated carbocycles. The number of likely N-dealkylation sites (tertiary alicyclic amines) is 1. The highest BCUT2D eigenvalue weighted by Crippen LogP contribution is 2.24. The second-order valence-corrected chi connectivity index (χ2v) is 6.46. The minimum absolute atomic E-state index is 0.0156. The van der Waals surface area contributed by atoms with E-state index < -0.39 is 4.92 Å². The van der Waals surface area contributed by atoms with Crippen molar-refractivity contribution < 1.29 is 14.5 Å². The van der Waals surface area contributed by atoms with Crippen LogP contribution in [0.2, 0.25) is 0 Å². The van der Waals surface area contributed by atoms with Crippen LogP contribution in [0.5, 0.6) is 0 Å². The average molecular weight is 333 g/mol. The van der Waals surface area contributed by atoms with Crippen LogP contribution in [0.1, 0.15) is 28.8 Å². The van der Waals surface area contributed by atoms with Crippen LogP contribution in [0.3, 0.4) is 0 Å². The van der Waals surface area contributed by atoms with Gasteiger partial charge in [0, 0.05) is 49.9 Å². The Bertz CT molecular complexity index is 628. The van der Waals surface area contributed by atoms with Crippen molar-refractivity contribution in [2.24, 2.45) is 0 Å². The Morgan fingerprint density at radius 1 is 1.33 bits per heavy atom. The minimum atomic E-state index is -0.432. The summed E-state index contributed by atoms with van der Waals surface area (Å²) >= 11 is 0. The predicted octanol–water partition coefficient (Wildman–Crippen LogP) is 1.84. The van der Waals surface area contributed by atoms with Gasteiger partial charge in [-0.05, 0) is 31.4 Å². The quantitative estimate of drug-likeness (QED) is 0.621. The normalized spacial score (nSPS) is 21.9. The van der Waals surface area contributed by atoms with Gasteiger partial charge in [0.25, 0.3) is 11.6 Å². The lowest BCUT2D eigenvalue weighted by Gasteiger charge is -2.33. The summed E-state index contributed by atoms with van der Waals surface area (Å²) in [4.78, 5) is 27.6. The van der Waals surface area contributed by atoms with E-state index in [2.05, 4.69) is 4.90 Å². The number of benzene rings is 1. The molecule has 1 unspecified atom stereocenters. The molecule has 0 N–H and O–H groups in total. The van der Waals surface area contributed by atoms with E-state index in [0.29, 0.717) is 11.1 Å². The average Bonchev–Trinajstić information content (AvgIpc) is 3.03. The molecule has 2 saturated heterocycles. The molecule has 0 aliphatic carbocycles. The molecule has 0 bridgehead atoms. The lowest BCUT2D eigenvalue weighted by molar-refractivity contribution is -0.384. The van der Waals surface area contributed by atoms with E-state index in [4.69, 9.17) is 4.74 Å². The van der Waals surface area contributed by atoms with E-state index in [1.165, 1.54) is 12.1 Å². The summed E-state index contributed by atoms with van der Waals surface area (Å²) in [5, 5.41) is 10.9. The van der Waals surface area contributed by atoms with E-state index in [-0.39, 0.29) is 17.6 Å².